The molecule has 0 aliphatic carbocycles. The Morgan fingerprint density at radius 3 is 2.44 bits per heavy atom. The number of anilines is 1. The first-order valence-corrected chi connectivity index (χ1v) is 10.1. The molecule has 0 aliphatic rings. The van der Waals surface area contributed by atoms with Crippen LogP contribution < -0.4 is 14.2 Å². The molecule has 9 heteroatoms. The number of benzene rings is 2. The second kappa shape index (κ2) is 8.36. The minimum absolute atomic E-state index is 0.00458. The number of hydrogen-bond acceptors (Lipinski definition) is 6. The maximum Gasteiger partial charge on any atom is 0.263 e. The summed E-state index contributed by atoms with van der Waals surface area (Å²) in [5.41, 5.74) is 0.920. The number of ether oxygens (including phenoxy) is 2. The van der Waals surface area contributed by atoms with Crippen LogP contribution in [0.25, 0.3) is 0 Å². The molecule has 1 aromatic heterocycles. The molecule has 2 aromatic carbocycles. The Morgan fingerprint density at radius 2 is 1.78 bits per heavy atom. The Labute approximate surface area is 165 Å². The first-order chi connectivity index (χ1) is 13.0. The molecule has 0 radical (unpaired) electrons. The Balaban J connectivity index is 1.83. The van der Waals surface area contributed by atoms with Crippen molar-refractivity contribution in [2.75, 3.05) is 11.8 Å². The lowest BCUT2D eigenvalue weighted by molar-refractivity contribution is 0.294. The standard InChI is InChI=1S/C18H16BrN3O4S/c1-25-14-7-9-15(10-8-14)27(23,24)22-17-18(21-16(19)11-20-17)26-12-13-5-3-2-4-6-13/h2-11H,12H2,1H3,(H,20,22). The molecule has 3 aromatic rings. The first kappa shape index (κ1) is 19.1. The van der Waals surface area contributed by atoms with Gasteiger partial charge < -0.3 is 9.47 Å². The van der Waals surface area contributed by atoms with E-state index in [1.807, 2.05) is 30.3 Å². The van der Waals surface area contributed by atoms with Crippen molar-refractivity contribution in [3.63, 3.8) is 0 Å². The van der Waals surface area contributed by atoms with Crippen LogP contribution in [0.2, 0.25) is 0 Å². The van der Waals surface area contributed by atoms with Crippen molar-refractivity contribution in [3.8, 4) is 11.6 Å². The summed E-state index contributed by atoms with van der Waals surface area (Å²) < 4.78 is 38.8. The van der Waals surface area contributed by atoms with Gasteiger partial charge in [-0.1, -0.05) is 30.3 Å². The summed E-state index contributed by atoms with van der Waals surface area (Å²) in [5, 5.41) is 0. The van der Waals surface area contributed by atoms with Gasteiger partial charge in [0.25, 0.3) is 15.9 Å². The van der Waals surface area contributed by atoms with Crippen LogP contribution >= 0.6 is 15.9 Å². The van der Waals surface area contributed by atoms with E-state index in [2.05, 4.69) is 30.6 Å². The maximum atomic E-state index is 12.6. The molecule has 0 saturated carbocycles. The Kier molecular flexibility index (Phi) is 5.92. The van der Waals surface area contributed by atoms with E-state index in [-0.39, 0.29) is 23.2 Å². The van der Waals surface area contributed by atoms with Gasteiger partial charge >= 0.3 is 0 Å². The van der Waals surface area contributed by atoms with Crippen LogP contribution in [0.3, 0.4) is 0 Å². The third kappa shape index (κ3) is 4.95. The number of nitrogens with one attached hydrogen (secondary N) is 1. The molecule has 0 aliphatic heterocycles. The van der Waals surface area contributed by atoms with E-state index >= 15 is 0 Å². The summed E-state index contributed by atoms with van der Waals surface area (Å²) >= 11 is 3.22. The summed E-state index contributed by atoms with van der Waals surface area (Å²) in [6, 6.07) is 15.5. The highest BCUT2D eigenvalue weighted by molar-refractivity contribution is 9.10. The van der Waals surface area contributed by atoms with Crippen molar-refractivity contribution in [3.05, 3.63) is 71.0 Å². The fourth-order valence-electron chi connectivity index (χ4n) is 2.19. The molecule has 0 amide bonds. The third-order valence-electron chi connectivity index (χ3n) is 3.53. The predicted octanol–water partition coefficient (Wildman–Crippen LogP) is 3.63. The molecule has 0 bridgehead atoms. The molecule has 0 unspecified atom stereocenters. The minimum Gasteiger partial charge on any atom is -0.497 e. The summed E-state index contributed by atoms with van der Waals surface area (Å²) in [6.45, 7) is 0.225. The quantitative estimate of drug-likeness (QED) is 0.592. The minimum atomic E-state index is -3.86. The van der Waals surface area contributed by atoms with Gasteiger partial charge in [0.2, 0.25) is 5.82 Å². The number of nitrogens with zero attached hydrogens (tertiary/aromatic N) is 2. The van der Waals surface area contributed by atoms with Crippen molar-refractivity contribution in [2.45, 2.75) is 11.5 Å². The fourth-order valence-corrected chi connectivity index (χ4v) is 3.46. The molecule has 1 heterocycles. The SMILES string of the molecule is COc1ccc(S(=O)(=O)Nc2ncc(Br)nc2OCc2ccccc2)cc1. The van der Waals surface area contributed by atoms with Crippen molar-refractivity contribution in [1.29, 1.82) is 0 Å². The predicted molar refractivity (Wildman–Crippen MR) is 104 cm³/mol. The van der Waals surface area contributed by atoms with Crippen molar-refractivity contribution < 1.29 is 17.9 Å². The topological polar surface area (TPSA) is 90.4 Å². The number of rotatable bonds is 7. The van der Waals surface area contributed by atoms with Crippen LogP contribution in [0.15, 0.2) is 70.3 Å². The lowest BCUT2D eigenvalue weighted by atomic mass is 10.2. The molecule has 27 heavy (non-hydrogen) atoms. The largest absolute Gasteiger partial charge is 0.497 e. The molecule has 0 fully saturated rings. The van der Waals surface area contributed by atoms with Gasteiger partial charge in [0.15, 0.2) is 0 Å². The zero-order valence-electron chi connectivity index (χ0n) is 14.3. The number of methoxy groups -OCH3 is 1. The van der Waals surface area contributed by atoms with Crippen LogP contribution in [0.5, 0.6) is 11.6 Å². The smallest absolute Gasteiger partial charge is 0.263 e. The normalized spacial score (nSPS) is 11.0. The van der Waals surface area contributed by atoms with E-state index in [0.29, 0.717) is 10.4 Å². The van der Waals surface area contributed by atoms with Gasteiger partial charge in [-0.25, -0.2) is 18.4 Å². The highest BCUT2D eigenvalue weighted by Crippen LogP contribution is 2.26. The second-order valence-corrected chi connectivity index (χ2v) is 7.90. The van der Waals surface area contributed by atoms with E-state index in [0.717, 1.165) is 5.56 Å². The third-order valence-corrected chi connectivity index (χ3v) is 5.27. The van der Waals surface area contributed by atoms with Gasteiger partial charge in [-0.05, 0) is 45.8 Å². The molecule has 7 nitrogen and oxygen atoms in total. The van der Waals surface area contributed by atoms with Crippen LogP contribution in [0.1, 0.15) is 5.56 Å². The van der Waals surface area contributed by atoms with Crippen LogP contribution in [-0.4, -0.2) is 25.5 Å². The number of sulfonamides is 1. The summed E-state index contributed by atoms with van der Waals surface area (Å²) in [6.07, 6.45) is 1.39. The maximum absolute atomic E-state index is 12.6. The number of halogens is 1. The Morgan fingerprint density at radius 1 is 1.07 bits per heavy atom. The Hall–Kier alpha value is -2.65. The van der Waals surface area contributed by atoms with E-state index in [4.69, 9.17) is 9.47 Å². The van der Waals surface area contributed by atoms with Crippen LogP contribution in [-0.2, 0) is 16.6 Å². The van der Waals surface area contributed by atoms with E-state index in [1.54, 1.807) is 12.1 Å². The van der Waals surface area contributed by atoms with E-state index in [9.17, 15) is 8.42 Å². The molecule has 0 atom stereocenters. The van der Waals surface area contributed by atoms with Crippen molar-refractivity contribution in [2.24, 2.45) is 0 Å². The zero-order valence-corrected chi connectivity index (χ0v) is 16.7. The average molecular weight is 450 g/mol. The summed E-state index contributed by atoms with van der Waals surface area (Å²) in [7, 11) is -2.35. The lowest BCUT2D eigenvalue weighted by Crippen LogP contribution is -2.15. The number of aromatic nitrogens is 2. The molecule has 3 rings (SSSR count). The van der Waals surface area contributed by atoms with Crippen molar-refractivity contribution in [1.82, 2.24) is 9.97 Å². The van der Waals surface area contributed by atoms with Gasteiger partial charge in [0.05, 0.1) is 18.2 Å². The fraction of sp³-hybridized carbons (Fsp3) is 0.111. The molecule has 0 saturated heterocycles. The second-order valence-electron chi connectivity index (χ2n) is 5.40. The van der Waals surface area contributed by atoms with Gasteiger partial charge in [-0.2, -0.15) is 0 Å². The molecule has 0 spiro atoms. The zero-order chi connectivity index (χ0) is 19.3. The van der Waals surface area contributed by atoms with E-state index < -0.39 is 10.0 Å². The molecule has 1 N–H and O–H groups in total. The molecular formula is C18H16BrN3O4S. The summed E-state index contributed by atoms with van der Waals surface area (Å²) in [5.74, 6) is 0.638. The van der Waals surface area contributed by atoms with E-state index in [1.165, 1.54) is 25.4 Å². The van der Waals surface area contributed by atoms with Gasteiger partial charge in [-0.3, -0.25) is 4.72 Å². The van der Waals surface area contributed by atoms with Crippen LogP contribution in [0, 0.1) is 0 Å². The average Bonchev–Trinajstić information content (AvgIpc) is 2.69. The molecular weight excluding hydrogens is 434 g/mol. The first-order valence-electron chi connectivity index (χ1n) is 7.84. The summed E-state index contributed by atoms with van der Waals surface area (Å²) in [4.78, 5) is 8.34. The van der Waals surface area contributed by atoms with Gasteiger partial charge in [0, 0.05) is 0 Å². The van der Waals surface area contributed by atoms with Crippen LogP contribution in [0.4, 0.5) is 5.82 Å². The highest BCUT2D eigenvalue weighted by Gasteiger charge is 2.19. The van der Waals surface area contributed by atoms with Crippen molar-refractivity contribution >= 4 is 31.8 Å². The molecule has 140 valence electrons. The monoisotopic (exact) mass is 449 g/mol. The Bertz CT molecular complexity index is 1010. The van der Waals surface area contributed by atoms with Gasteiger partial charge in [-0.15, -0.1) is 0 Å². The highest BCUT2D eigenvalue weighted by atomic mass is 79.9. The van der Waals surface area contributed by atoms with Gasteiger partial charge in [0.1, 0.15) is 17.0 Å². The number of hydrogen-bond donors (Lipinski definition) is 1. The lowest BCUT2D eigenvalue weighted by Gasteiger charge is -2.12.